The molecule has 0 aliphatic heterocycles. The molecule has 4 nitrogen and oxygen atoms in total. The Labute approximate surface area is 170 Å². The third kappa shape index (κ3) is 3.89. The van der Waals surface area contributed by atoms with Crippen molar-refractivity contribution in [3.05, 3.63) is 68.6 Å². The van der Waals surface area contributed by atoms with E-state index >= 15 is 0 Å². The SMILES string of the molecule is Nc1cc(Oc2cccc(Cl)c2Cl)c(Oc2cccc(Cl)c2Cl)cc1N. The van der Waals surface area contributed by atoms with Gasteiger partial charge in [-0.2, -0.15) is 0 Å². The van der Waals surface area contributed by atoms with Gasteiger partial charge in [0.15, 0.2) is 11.5 Å². The van der Waals surface area contributed by atoms with E-state index in [1.807, 2.05) is 0 Å². The number of ether oxygens (including phenoxy) is 2. The number of rotatable bonds is 4. The van der Waals surface area contributed by atoms with Crippen LogP contribution in [0.25, 0.3) is 0 Å². The Morgan fingerprint density at radius 3 is 1.35 bits per heavy atom. The summed E-state index contributed by atoms with van der Waals surface area (Å²) in [5, 5.41) is 1.23. The molecule has 3 aromatic carbocycles. The Balaban J connectivity index is 2.03. The molecule has 3 aromatic rings. The van der Waals surface area contributed by atoms with Crippen molar-refractivity contribution in [1.29, 1.82) is 0 Å². The lowest BCUT2D eigenvalue weighted by molar-refractivity contribution is 0.419. The van der Waals surface area contributed by atoms with E-state index in [2.05, 4.69) is 0 Å². The molecule has 0 spiro atoms. The highest BCUT2D eigenvalue weighted by molar-refractivity contribution is 6.43. The van der Waals surface area contributed by atoms with Crippen molar-refractivity contribution in [3.63, 3.8) is 0 Å². The summed E-state index contributed by atoms with van der Waals surface area (Å²) >= 11 is 24.4. The maximum absolute atomic E-state index is 6.18. The molecular formula is C18H12Cl4N2O2. The maximum Gasteiger partial charge on any atom is 0.172 e. The predicted molar refractivity (Wildman–Crippen MR) is 108 cm³/mol. The Morgan fingerprint density at radius 1 is 0.577 bits per heavy atom. The van der Waals surface area contributed by atoms with Crippen LogP contribution in [0.4, 0.5) is 11.4 Å². The fraction of sp³-hybridized carbons (Fsp3) is 0. The van der Waals surface area contributed by atoms with Gasteiger partial charge in [-0.3, -0.25) is 0 Å². The van der Waals surface area contributed by atoms with Crippen LogP contribution in [0, 0.1) is 0 Å². The molecule has 0 saturated carbocycles. The van der Waals surface area contributed by atoms with Gasteiger partial charge in [0.25, 0.3) is 0 Å². The van der Waals surface area contributed by atoms with Crippen molar-refractivity contribution in [2.24, 2.45) is 0 Å². The molecule has 0 fully saturated rings. The second kappa shape index (κ2) is 7.72. The molecule has 0 aromatic heterocycles. The molecule has 3 rings (SSSR count). The van der Waals surface area contributed by atoms with Gasteiger partial charge < -0.3 is 20.9 Å². The second-order valence-electron chi connectivity index (χ2n) is 5.24. The van der Waals surface area contributed by atoms with Crippen LogP contribution in [-0.2, 0) is 0 Å². The molecule has 0 atom stereocenters. The number of hydrogen-bond donors (Lipinski definition) is 2. The number of anilines is 2. The number of halogens is 4. The molecule has 26 heavy (non-hydrogen) atoms. The van der Waals surface area contributed by atoms with Gasteiger partial charge in [-0.25, -0.2) is 0 Å². The summed E-state index contributed by atoms with van der Waals surface area (Å²) in [6.45, 7) is 0. The molecule has 0 amide bonds. The van der Waals surface area contributed by atoms with Crippen LogP contribution in [0.5, 0.6) is 23.0 Å². The number of hydrogen-bond acceptors (Lipinski definition) is 4. The van der Waals surface area contributed by atoms with Crippen LogP contribution in [0.2, 0.25) is 20.1 Å². The molecule has 4 N–H and O–H groups in total. The van der Waals surface area contributed by atoms with E-state index in [1.54, 1.807) is 36.4 Å². The highest BCUT2D eigenvalue weighted by Gasteiger charge is 2.16. The molecule has 0 heterocycles. The lowest BCUT2D eigenvalue weighted by atomic mass is 10.2. The minimum absolute atomic E-state index is 0.260. The highest BCUT2D eigenvalue weighted by atomic mass is 35.5. The molecule has 0 radical (unpaired) electrons. The Kier molecular flexibility index (Phi) is 5.58. The first-order valence-electron chi connectivity index (χ1n) is 7.29. The van der Waals surface area contributed by atoms with E-state index in [0.29, 0.717) is 32.9 Å². The molecule has 0 saturated heterocycles. The summed E-state index contributed by atoms with van der Waals surface area (Å²) in [6.07, 6.45) is 0. The van der Waals surface area contributed by atoms with E-state index in [1.165, 1.54) is 12.1 Å². The average molecular weight is 430 g/mol. The van der Waals surface area contributed by atoms with Crippen LogP contribution < -0.4 is 20.9 Å². The molecular weight excluding hydrogens is 418 g/mol. The van der Waals surface area contributed by atoms with E-state index < -0.39 is 0 Å². The summed E-state index contributed by atoms with van der Waals surface area (Å²) in [6, 6.07) is 13.1. The van der Waals surface area contributed by atoms with Gasteiger partial charge in [0.1, 0.15) is 21.5 Å². The van der Waals surface area contributed by atoms with E-state index in [-0.39, 0.29) is 21.5 Å². The zero-order valence-electron chi connectivity index (χ0n) is 13.1. The van der Waals surface area contributed by atoms with Gasteiger partial charge in [0.05, 0.1) is 21.4 Å². The molecule has 134 valence electrons. The smallest absolute Gasteiger partial charge is 0.172 e. The van der Waals surface area contributed by atoms with Crippen LogP contribution in [-0.4, -0.2) is 0 Å². The highest BCUT2D eigenvalue weighted by Crippen LogP contribution is 2.44. The third-order valence-corrected chi connectivity index (χ3v) is 5.02. The quantitative estimate of drug-likeness (QED) is 0.436. The van der Waals surface area contributed by atoms with Gasteiger partial charge >= 0.3 is 0 Å². The van der Waals surface area contributed by atoms with Crippen molar-refractivity contribution in [3.8, 4) is 23.0 Å². The van der Waals surface area contributed by atoms with Crippen LogP contribution >= 0.6 is 46.4 Å². The standard InChI is InChI=1S/C18H12Cl4N2O2/c19-9-3-1-5-13(17(9)21)25-15-7-11(23)12(24)8-16(15)26-14-6-2-4-10(20)18(14)22/h1-8H,23-24H2. The fourth-order valence-corrected chi connectivity index (χ4v) is 2.77. The van der Waals surface area contributed by atoms with Crippen molar-refractivity contribution >= 4 is 57.8 Å². The molecule has 0 aliphatic carbocycles. The van der Waals surface area contributed by atoms with Crippen molar-refractivity contribution in [2.45, 2.75) is 0 Å². The largest absolute Gasteiger partial charge is 0.452 e. The maximum atomic E-state index is 6.18. The van der Waals surface area contributed by atoms with E-state index in [0.717, 1.165) is 0 Å². The van der Waals surface area contributed by atoms with E-state index in [4.69, 9.17) is 67.3 Å². The first kappa shape index (κ1) is 18.8. The van der Waals surface area contributed by atoms with Gasteiger partial charge in [-0.05, 0) is 24.3 Å². The monoisotopic (exact) mass is 428 g/mol. The number of benzene rings is 3. The summed E-state index contributed by atoms with van der Waals surface area (Å²) in [5.74, 6) is 1.25. The van der Waals surface area contributed by atoms with Crippen molar-refractivity contribution < 1.29 is 9.47 Å². The minimum Gasteiger partial charge on any atom is -0.452 e. The van der Waals surface area contributed by atoms with Gasteiger partial charge in [-0.15, -0.1) is 0 Å². The summed E-state index contributed by atoms with van der Waals surface area (Å²) in [5.41, 5.74) is 12.4. The van der Waals surface area contributed by atoms with Gasteiger partial charge in [-0.1, -0.05) is 58.5 Å². The fourth-order valence-electron chi connectivity index (χ4n) is 2.11. The summed E-state index contributed by atoms with van der Waals surface area (Å²) < 4.78 is 11.7. The van der Waals surface area contributed by atoms with Crippen LogP contribution in [0.1, 0.15) is 0 Å². The summed E-state index contributed by atoms with van der Waals surface area (Å²) in [7, 11) is 0. The Morgan fingerprint density at radius 2 is 0.962 bits per heavy atom. The third-order valence-electron chi connectivity index (χ3n) is 3.42. The average Bonchev–Trinajstić information content (AvgIpc) is 2.60. The first-order chi connectivity index (χ1) is 12.4. The van der Waals surface area contributed by atoms with Gasteiger partial charge in [0, 0.05) is 12.1 Å². The first-order valence-corrected chi connectivity index (χ1v) is 8.80. The molecule has 8 heteroatoms. The molecule has 0 unspecified atom stereocenters. The zero-order chi connectivity index (χ0) is 18.8. The van der Waals surface area contributed by atoms with Crippen LogP contribution in [0.3, 0.4) is 0 Å². The second-order valence-corrected chi connectivity index (χ2v) is 6.81. The zero-order valence-corrected chi connectivity index (χ0v) is 16.1. The van der Waals surface area contributed by atoms with Crippen LogP contribution in [0.15, 0.2) is 48.5 Å². The Hall–Kier alpha value is -1.98. The predicted octanol–water partition coefficient (Wildman–Crippen LogP) is 7.05. The molecule has 0 aliphatic rings. The lowest BCUT2D eigenvalue weighted by Gasteiger charge is -2.16. The van der Waals surface area contributed by atoms with Crippen molar-refractivity contribution in [2.75, 3.05) is 11.5 Å². The van der Waals surface area contributed by atoms with Crippen molar-refractivity contribution in [1.82, 2.24) is 0 Å². The normalized spacial score (nSPS) is 10.6. The molecule has 0 bridgehead atoms. The minimum atomic E-state index is 0.260. The Bertz CT molecular complexity index is 901. The van der Waals surface area contributed by atoms with E-state index in [9.17, 15) is 0 Å². The lowest BCUT2D eigenvalue weighted by Crippen LogP contribution is -1.98. The topological polar surface area (TPSA) is 70.5 Å². The number of nitrogen functional groups attached to an aromatic ring is 2. The number of nitrogens with two attached hydrogens (primary N) is 2. The summed E-state index contributed by atoms with van der Waals surface area (Å²) in [4.78, 5) is 0. The van der Waals surface area contributed by atoms with Gasteiger partial charge in [0.2, 0.25) is 0 Å².